The van der Waals surface area contributed by atoms with Crippen molar-refractivity contribution in [2.24, 2.45) is 5.92 Å². The van der Waals surface area contributed by atoms with Crippen molar-refractivity contribution in [2.45, 2.75) is 19.3 Å². The fourth-order valence-corrected chi connectivity index (χ4v) is 1.51. The Balaban J connectivity index is 2.16. The first-order valence-electron chi connectivity index (χ1n) is 3.36. The number of rotatable bonds is 3. The van der Waals surface area contributed by atoms with E-state index in [-0.39, 0.29) is 0 Å². The zero-order valence-corrected chi connectivity index (χ0v) is 6.54. The molecule has 0 radical (unpaired) electrons. The second-order valence-electron chi connectivity index (χ2n) is 2.53. The second-order valence-corrected chi connectivity index (χ2v) is 3.39. The number of ketones is 1. The highest BCUT2D eigenvalue weighted by Crippen LogP contribution is 2.27. The third kappa shape index (κ3) is 1.71. The average Bonchev–Trinajstić information content (AvgIpc) is 1.60. The molecule has 9 heavy (non-hydrogen) atoms. The molecule has 0 aliphatic heterocycles. The molecule has 0 N–H and O–H groups in total. The molecule has 52 valence electrons. The summed E-state index contributed by atoms with van der Waals surface area (Å²) in [5, 5.41) is 0. The van der Waals surface area contributed by atoms with Crippen LogP contribution in [0.3, 0.4) is 0 Å². The van der Waals surface area contributed by atoms with E-state index in [2.05, 4.69) is 0 Å². The van der Waals surface area contributed by atoms with Crippen LogP contribution in [-0.4, -0.2) is 17.8 Å². The van der Waals surface area contributed by atoms with Gasteiger partial charge in [-0.3, -0.25) is 4.79 Å². The largest absolute Gasteiger partial charge is 0.298 e. The van der Waals surface area contributed by atoms with Gasteiger partial charge in [0.1, 0.15) is 5.78 Å². The fraction of sp³-hybridized carbons (Fsp3) is 0.857. The SMILES string of the molecule is CSCC(=O)C1CCC1. The van der Waals surface area contributed by atoms with Gasteiger partial charge in [0.25, 0.3) is 0 Å². The van der Waals surface area contributed by atoms with Crippen LogP contribution in [-0.2, 0) is 4.79 Å². The molecule has 0 aromatic carbocycles. The minimum absolute atomic E-state index is 0.442. The first-order valence-corrected chi connectivity index (χ1v) is 4.75. The molecule has 0 amide bonds. The van der Waals surface area contributed by atoms with Gasteiger partial charge in [0, 0.05) is 5.92 Å². The molecule has 0 saturated heterocycles. The van der Waals surface area contributed by atoms with E-state index in [1.807, 2.05) is 6.26 Å². The molecule has 1 aliphatic rings. The smallest absolute Gasteiger partial charge is 0.145 e. The van der Waals surface area contributed by atoms with Gasteiger partial charge >= 0.3 is 0 Å². The topological polar surface area (TPSA) is 17.1 Å². The van der Waals surface area contributed by atoms with E-state index < -0.39 is 0 Å². The lowest BCUT2D eigenvalue weighted by Gasteiger charge is -2.23. The summed E-state index contributed by atoms with van der Waals surface area (Å²) in [5.74, 6) is 1.64. The van der Waals surface area contributed by atoms with Gasteiger partial charge in [0.15, 0.2) is 0 Å². The summed E-state index contributed by atoms with van der Waals surface area (Å²) in [6, 6.07) is 0. The summed E-state index contributed by atoms with van der Waals surface area (Å²) in [6.07, 6.45) is 5.56. The van der Waals surface area contributed by atoms with E-state index in [4.69, 9.17) is 0 Å². The Hall–Kier alpha value is 0.0200. The lowest BCUT2D eigenvalue weighted by molar-refractivity contribution is -0.122. The van der Waals surface area contributed by atoms with Crippen molar-refractivity contribution in [3.63, 3.8) is 0 Å². The highest BCUT2D eigenvalue weighted by Gasteiger charge is 2.23. The molecule has 1 rings (SSSR count). The van der Waals surface area contributed by atoms with E-state index in [1.54, 1.807) is 11.8 Å². The van der Waals surface area contributed by atoms with Gasteiger partial charge in [-0.1, -0.05) is 6.42 Å². The van der Waals surface area contributed by atoms with Crippen molar-refractivity contribution in [3.05, 3.63) is 0 Å². The van der Waals surface area contributed by atoms with Crippen molar-refractivity contribution in [1.29, 1.82) is 0 Å². The Kier molecular flexibility index (Phi) is 2.58. The number of carbonyl (C=O) groups is 1. The summed E-state index contributed by atoms with van der Waals surface area (Å²) in [7, 11) is 0. The lowest BCUT2D eigenvalue weighted by atomic mass is 9.83. The molecule has 0 aromatic heterocycles. The third-order valence-corrected chi connectivity index (χ3v) is 2.42. The normalized spacial score (nSPS) is 19.2. The quantitative estimate of drug-likeness (QED) is 0.600. The van der Waals surface area contributed by atoms with Crippen LogP contribution in [0, 0.1) is 5.92 Å². The predicted molar refractivity (Wildman–Crippen MR) is 40.7 cm³/mol. The molecule has 0 unspecified atom stereocenters. The third-order valence-electron chi connectivity index (χ3n) is 1.85. The molecule has 1 aliphatic carbocycles. The van der Waals surface area contributed by atoms with E-state index in [0.29, 0.717) is 11.7 Å². The molecule has 1 fully saturated rings. The summed E-state index contributed by atoms with van der Waals surface area (Å²) in [4.78, 5) is 11.0. The maximum Gasteiger partial charge on any atom is 0.145 e. The first kappa shape index (κ1) is 7.13. The lowest BCUT2D eigenvalue weighted by Crippen LogP contribution is -2.23. The second kappa shape index (κ2) is 3.25. The minimum Gasteiger partial charge on any atom is -0.298 e. The molecular weight excluding hydrogens is 132 g/mol. The molecule has 1 saturated carbocycles. The maximum atomic E-state index is 11.0. The Morgan fingerprint density at radius 1 is 1.67 bits per heavy atom. The van der Waals surface area contributed by atoms with Crippen LogP contribution in [0.15, 0.2) is 0 Å². The Morgan fingerprint density at radius 2 is 2.33 bits per heavy atom. The molecule has 0 aromatic rings. The summed E-state index contributed by atoms with van der Waals surface area (Å²) in [6.45, 7) is 0. The molecule has 0 bridgehead atoms. The minimum atomic E-state index is 0.442. The van der Waals surface area contributed by atoms with E-state index in [9.17, 15) is 4.79 Å². The highest BCUT2D eigenvalue weighted by molar-refractivity contribution is 7.99. The van der Waals surface area contributed by atoms with Crippen LogP contribution < -0.4 is 0 Å². The molecule has 0 heterocycles. The summed E-state index contributed by atoms with van der Waals surface area (Å²) < 4.78 is 0. The van der Waals surface area contributed by atoms with Gasteiger partial charge in [-0.25, -0.2) is 0 Å². The molecular formula is C7H12OS. The van der Waals surface area contributed by atoms with Crippen LogP contribution in [0.5, 0.6) is 0 Å². The maximum absolute atomic E-state index is 11.0. The Bertz CT molecular complexity index is 107. The predicted octanol–water partition coefficient (Wildman–Crippen LogP) is 1.72. The van der Waals surface area contributed by atoms with Crippen molar-refractivity contribution < 1.29 is 4.79 Å². The number of hydrogen-bond acceptors (Lipinski definition) is 2. The average molecular weight is 144 g/mol. The van der Waals surface area contributed by atoms with Crippen LogP contribution in [0.25, 0.3) is 0 Å². The highest BCUT2D eigenvalue weighted by atomic mass is 32.2. The van der Waals surface area contributed by atoms with Gasteiger partial charge in [0.05, 0.1) is 5.75 Å². The van der Waals surface area contributed by atoms with Crippen molar-refractivity contribution >= 4 is 17.5 Å². The van der Waals surface area contributed by atoms with Gasteiger partial charge in [0.2, 0.25) is 0 Å². The van der Waals surface area contributed by atoms with Gasteiger partial charge < -0.3 is 0 Å². The first-order chi connectivity index (χ1) is 4.34. The van der Waals surface area contributed by atoms with Crippen LogP contribution in [0.2, 0.25) is 0 Å². The van der Waals surface area contributed by atoms with Crippen LogP contribution in [0.4, 0.5) is 0 Å². The van der Waals surface area contributed by atoms with Gasteiger partial charge in [-0.2, -0.15) is 11.8 Å². The van der Waals surface area contributed by atoms with Crippen molar-refractivity contribution in [3.8, 4) is 0 Å². The van der Waals surface area contributed by atoms with Gasteiger partial charge in [-0.15, -0.1) is 0 Å². The van der Waals surface area contributed by atoms with Crippen LogP contribution in [0.1, 0.15) is 19.3 Å². The standard InChI is InChI=1S/C7H12OS/c1-9-5-7(8)6-3-2-4-6/h6H,2-5H2,1H3. The van der Waals surface area contributed by atoms with Crippen molar-refractivity contribution in [2.75, 3.05) is 12.0 Å². The van der Waals surface area contributed by atoms with Crippen LogP contribution >= 0.6 is 11.8 Å². The number of thioether (sulfide) groups is 1. The zero-order chi connectivity index (χ0) is 6.69. The number of carbonyl (C=O) groups excluding carboxylic acids is 1. The Labute approximate surface area is 60.2 Å². The number of Topliss-reactive ketones (excluding diaryl/α,β-unsaturated/α-hetero) is 1. The summed E-state index contributed by atoms with van der Waals surface area (Å²) >= 11 is 1.64. The molecule has 0 atom stereocenters. The van der Waals surface area contributed by atoms with E-state index in [1.165, 1.54) is 6.42 Å². The number of hydrogen-bond donors (Lipinski definition) is 0. The van der Waals surface area contributed by atoms with Crippen molar-refractivity contribution in [1.82, 2.24) is 0 Å². The van der Waals surface area contributed by atoms with E-state index in [0.717, 1.165) is 18.6 Å². The molecule has 2 heteroatoms. The van der Waals surface area contributed by atoms with E-state index >= 15 is 0 Å². The molecule has 1 nitrogen and oxygen atoms in total. The monoisotopic (exact) mass is 144 g/mol. The summed E-state index contributed by atoms with van der Waals surface area (Å²) in [5.41, 5.74) is 0. The zero-order valence-electron chi connectivity index (χ0n) is 5.72. The van der Waals surface area contributed by atoms with Gasteiger partial charge in [-0.05, 0) is 19.1 Å². The molecule has 0 spiro atoms. The Morgan fingerprint density at radius 3 is 2.67 bits per heavy atom. The fourth-order valence-electron chi connectivity index (χ4n) is 0.990.